The molecule has 0 spiro atoms. The van der Waals surface area contributed by atoms with Gasteiger partial charge in [0.15, 0.2) is 0 Å². The number of carboxylic acids is 1. The first-order valence-electron chi connectivity index (χ1n) is 22.6. The molecule has 2 N–H and O–H groups in total. The molecule has 0 aromatic rings. The largest absolute Gasteiger partial charge is 0.481 e. The SMILES string of the molecule is CCCCCCCCCCCCCCCCCC(=O)O.CC[C@H](CC[C@@H](C)[C@H]1CC[C@H]2[C@@H]3CC=C4C[C@@H](O)CC[C@]4(C)[C@H]3CC[C@]12C)C(C)C. The molecule has 50 heavy (non-hydrogen) atoms. The van der Waals surface area contributed by atoms with E-state index in [0.717, 1.165) is 67.1 Å². The van der Waals surface area contributed by atoms with Crippen molar-refractivity contribution in [2.45, 2.75) is 228 Å². The summed E-state index contributed by atoms with van der Waals surface area (Å²) in [4.78, 5) is 10.3. The third-order valence-electron chi connectivity index (χ3n) is 15.3. The van der Waals surface area contributed by atoms with E-state index in [1.165, 1.54) is 141 Å². The summed E-state index contributed by atoms with van der Waals surface area (Å²) in [5, 5.41) is 18.8. The van der Waals surface area contributed by atoms with Crippen LogP contribution >= 0.6 is 0 Å². The van der Waals surface area contributed by atoms with Gasteiger partial charge in [-0.05, 0) is 116 Å². The highest BCUT2D eigenvalue weighted by molar-refractivity contribution is 5.66. The van der Waals surface area contributed by atoms with Crippen molar-refractivity contribution in [2.75, 3.05) is 0 Å². The lowest BCUT2D eigenvalue weighted by molar-refractivity contribution is -0.137. The van der Waals surface area contributed by atoms with Gasteiger partial charge in [-0.15, -0.1) is 0 Å². The Bertz CT molecular complexity index is 969. The zero-order valence-corrected chi connectivity index (χ0v) is 34.6. The fraction of sp³-hybridized carbons (Fsp3) is 0.936. The van der Waals surface area contributed by atoms with Gasteiger partial charge in [0.2, 0.25) is 0 Å². The Balaban J connectivity index is 0.000000297. The molecule has 0 aliphatic heterocycles. The summed E-state index contributed by atoms with van der Waals surface area (Å²) in [7, 11) is 0. The van der Waals surface area contributed by atoms with E-state index in [0.29, 0.717) is 17.3 Å². The van der Waals surface area contributed by atoms with Crippen molar-refractivity contribution in [1.82, 2.24) is 0 Å². The monoisotopic (exact) mass is 699 g/mol. The van der Waals surface area contributed by atoms with Crippen LogP contribution in [-0.4, -0.2) is 22.3 Å². The summed E-state index contributed by atoms with van der Waals surface area (Å²) in [6, 6.07) is 0. The molecule has 4 rings (SSSR count). The standard InChI is InChI=1S/C29H50O.C18H36O2/c1-7-21(19(2)3)9-8-20(4)25-12-13-26-24-11-10-22-18-23(30)14-16-28(22,5)27(24)15-17-29(25,26)6;1-2-3-4-5-6-7-8-9-10-11-12-13-14-15-16-17-18(19)20/h10,19-21,23-27,30H,7-9,11-18H2,1-6H3;2-17H2,1H3,(H,19,20)/t20-,21-,23+,24+,25-,26+,27+,28+,29-;/m1./s1. The van der Waals surface area contributed by atoms with Crippen LogP contribution in [0.1, 0.15) is 222 Å². The van der Waals surface area contributed by atoms with Gasteiger partial charge in [0.1, 0.15) is 0 Å². The Kier molecular flexibility index (Phi) is 19.5. The van der Waals surface area contributed by atoms with Gasteiger partial charge < -0.3 is 10.2 Å². The van der Waals surface area contributed by atoms with Crippen LogP contribution in [-0.2, 0) is 4.79 Å². The maximum Gasteiger partial charge on any atom is 0.303 e. The highest BCUT2D eigenvalue weighted by Crippen LogP contribution is 2.67. The van der Waals surface area contributed by atoms with Crippen LogP contribution in [0, 0.1) is 52.3 Å². The molecule has 0 bridgehead atoms. The minimum Gasteiger partial charge on any atom is -0.481 e. The maximum atomic E-state index is 10.3. The zero-order valence-electron chi connectivity index (χ0n) is 34.6. The molecule has 0 saturated heterocycles. The number of hydrogen-bond acceptors (Lipinski definition) is 2. The Morgan fingerprint density at radius 3 is 1.88 bits per heavy atom. The lowest BCUT2D eigenvalue weighted by Crippen LogP contribution is -2.50. The van der Waals surface area contributed by atoms with E-state index in [1.54, 1.807) is 5.57 Å². The second kappa shape index (κ2) is 22.4. The van der Waals surface area contributed by atoms with Gasteiger partial charge in [-0.1, -0.05) is 163 Å². The second-order valence-electron chi connectivity index (χ2n) is 18.9. The van der Waals surface area contributed by atoms with Crippen molar-refractivity contribution in [2.24, 2.45) is 52.3 Å². The van der Waals surface area contributed by atoms with E-state index in [9.17, 15) is 9.90 Å². The number of aliphatic carboxylic acids is 1. The molecule has 292 valence electrons. The van der Waals surface area contributed by atoms with E-state index < -0.39 is 5.97 Å². The van der Waals surface area contributed by atoms with Crippen LogP contribution in [0.3, 0.4) is 0 Å². The van der Waals surface area contributed by atoms with Gasteiger partial charge in [-0.25, -0.2) is 0 Å². The Labute approximate surface area is 312 Å². The fourth-order valence-electron chi connectivity index (χ4n) is 12.0. The van der Waals surface area contributed by atoms with Crippen molar-refractivity contribution < 1.29 is 15.0 Å². The molecule has 9 atom stereocenters. The molecule has 4 aliphatic rings. The summed E-state index contributed by atoms with van der Waals surface area (Å²) >= 11 is 0. The predicted octanol–water partition coefficient (Wildman–Crippen LogP) is 14.4. The van der Waals surface area contributed by atoms with Crippen LogP contribution in [0.25, 0.3) is 0 Å². The molecule has 4 aliphatic carbocycles. The van der Waals surface area contributed by atoms with Crippen LogP contribution in [0.2, 0.25) is 0 Å². The molecule has 3 fully saturated rings. The molecular formula is C47H86O3. The number of hydrogen-bond donors (Lipinski definition) is 2. The first kappa shape index (κ1) is 43.6. The zero-order chi connectivity index (χ0) is 36.6. The summed E-state index contributed by atoms with van der Waals surface area (Å²) in [5.41, 5.74) is 2.59. The minimum absolute atomic E-state index is 0.0794. The highest BCUT2D eigenvalue weighted by Gasteiger charge is 2.59. The number of aliphatic hydroxyl groups is 1. The molecule has 0 aromatic heterocycles. The van der Waals surface area contributed by atoms with Crippen LogP contribution in [0.4, 0.5) is 0 Å². The Morgan fingerprint density at radius 2 is 1.34 bits per heavy atom. The number of carboxylic acid groups (broad SMARTS) is 1. The summed E-state index contributed by atoms with van der Waals surface area (Å²) in [6.07, 6.45) is 37.3. The van der Waals surface area contributed by atoms with Gasteiger partial charge in [0.25, 0.3) is 0 Å². The van der Waals surface area contributed by atoms with Gasteiger partial charge in [-0.2, -0.15) is 0 Å². The van der Waals surface area contributed by atoms with E-state index >= 15 is 0 Å². The van der Waals surface area contributed by atoms with Crippen molar-refractivity contribution in [1.29, 1.82) is 0 Å². The number of fused-ring (bicyclic) bond motifs is 5. The molecule has 3 heteroatoms. The highest BCUT2D eigenvalue weighted by atomic mass is 16.4. The third kappa shape index (κ3) is 12.6. The molecule has 0 heterocycles. The predicted molar refractivity (Wildman–Crippen MR) is 215 cm³/mol. The average Bonchev–Trinajstić information content (AvgIpc) is 3.44. The average molecular weight is 699 g/mol. The smallest absolute Gasteiger partial charge is 0.303 e. The van der Waals surface area contributed by atoms with E-state index in [2.05, 4.69) is 54.5 Å². The van der Waals surface area contributed by atoms with Crippen molar-refractivity contribution in [3.8, 4) is 0 Å². The first-order valence-corrected chi connectivity index (χ1v) is 22.6. The lowest BCUT2D eigenvalue weighted by atomic mass is 9.47. The third-order valence-corrected chi connectivity index (χ3v) is 15.3. The number of carbonyl (C=O) groups is 1. The fourth-order valence-corrected chi connectivity index (χ4v) is 12.0. The van der Waals surface area contributed by atoms with E-state index in [4.69, 9.17) is 5.11 Å². The van der Waals surface area contributed by atoms with E-state index in [-0.39, 0.29) is 6.10 Å². The van der Waals surface area contributed by atoms with Crippen LogP contribution in [0.5, 0.6) is 0 Å². The maximum absolute atomic E-state index is 10.3. The quantitative estimate of drug-likeness (QED) is 0.0874. The minimum atomic E-state index is -0.653. The van der Waals surface area contributed by atoms with Gasteiger partial charge in [0, 0.05) is 6.42 Å². The van der Waals surface area contributed by atoms with Gasteiger partial charge in [0.05, 0.1) is 6.10 Å². The van der Waals surface area contributed by atoms with Gasteiger partial charge in [-0.3, -0.25) is 4.79 Å². The van der Waals surface area contributed by atoms with Crippen molar-refractivity contribution in [3.63, 3.8) is 0 Å². The van der Waals surface area contributed by atoms with Crippen LogP contribution in [0.15, 0.2) is 11.6 Å². The molecule has 0 unspecified atom stereocenters. The Morgan fingerprint density at radius 1 is 0.760 bits per heavy atom. The molecule has 0 radical (unpaired) electrons. The second-order valence-corrected chi connectivity index (χ2v) is 18.9. The molecule has 3 nitrogen and oxygen atoms in total. The summed E-state index contributed by atoms with van der Waals surface area (Å²) in [6.45, 7) is 17.4. The first-order chi connectivity index (χ1) is 24.0. The Hall–Kier alpha value is -0.830. The number of unbranched alkanes of at least 4 members (excludes halogenated alkanes) is 14. The summed E-state index contributed by atoms with van der Waals surface area (Å²) < 4.78 is 0. The lowest BCUT2D eigenvalue weighted by Gasteiger charge is -2.58. The normalized spacial score (nSPS) is 31.5. The molecular weight excluding hydrogens is 613 g/mol. The van der Waals surface area contributed by atoms with Gasteiger partial charge >= 0.3 is 5.97 Å². The van der Waals surface area contributed by atoms with E-state index in [1.807, 2.05) is 0 Å². The number of allylic oxidation sites excluding steroid dienone is 1. The topological polar surface area (TPSA) is 57.5 Å². The summed E-state index contributed by atoms with van der Waals surface area (Å²) in [5.74, 6) is 5.65. The molecule has 0 amide bonds. The van der Waals surface area contributed by atoms with Crippen molar-refractivity contribution >= 4 is 5.97 Å². The molecule has 0 aromatic carbocycles. The van der Waals surface area contributed by atoms with Crippen molar-refractivity contribution in [3.05, 3.63) is 11.6 Å². The molecule has 3 saturated carbocycles. The number of aliphatic hydroxyl groups excluding tert-OH is 1. The number of rotatable bonds is 22. The van der Waals surface area contributed by atoms with Crippen LogP contribution < -0.4 is 0 Å².